The van der Waals surface area contributed by atoms with Crippen molar-refractivity contribution in [2.75, 3.05) is 18.4 Å². The van der Waals surface area contributed by atoms with Gasteiger partial charge in [0.15, 0.2) is 0 Å². The van der Waals surface area contributed by atoms with Gasteiger partial charge in [-0.3, -0.25) is 4.79 Å². The smallest absolute Gasteiger partial charge is 0.238 e. The molecule has 1 aromatic rings. The lowest BCUT2D eigenvalue weighted by molar-refractivity contribution is -0.115. The molecule has 0 fully saturated rings. The summed E-state index contributed by atoms with van der Waals surface area (Å²) in [5, 5.41) is 6.65. The number of hydrogen-bond acceptors (Lipinski definition) is 2. The second kappa shape index (κ2) is 6.76. The Morgan fingerprint density at radius 3 is 2.44 bits per heavy atom. The van der Waals surface area contributed by atoms with Gasteiger partial charge in [-0.1, -0.05) is 32.4 Å². The largest absolute Gasteiger partial charge is 0.325 e. The predicted octanol–water partition coefficient (Wildman–Crippen LogP) is 3.30. The minimum atomic E-state index is -0.0378. The molecule has 0 spiro atoms. The predicted molar refractivity (Wildman–Crippen MR) is 77.0 cm³/mol. The van der Waals surface area contributed by atoms with E-state index in [-0.39, 0.29) is 11.3 Å². The lowest BCUT2D eigenvalue weighted by Gasteiger charge is -2.22. The monoisotopic (exact) mass is 268 g/mol. The van der Waals surface area contributed by atoms with E-state index in [9.17, 15) is 4.79 Å². The molecule has 0 heterocycles. The first-order valence-electron chi connectivity index (χ1n) is 6.19. The van der Waals surface area contributed by atoms with Gasteiger partial charge in [-0.15, -0.1) is 0 Å². The summed E-state index contributed by atoms with van der Waals surface area (Å²) in [5.74, 6) is -0.0378. The van der Waals surface area contributed by atoms with Crippen LogP contribution in [0.4, 0.5) is 5.69 Å². The van der Waals surface area contributed by atoms with Gasteiger partial charge in [0, 0.05) is 17.3 Å². The summed E-state index contributed by atoms with van der Waals surface area (Å²) in [4.78, 5) is 11.7. The molecule has 0 atom stereocenters. The van der Waals surface area contributed by atoms with Gasteiger partial charge in [0.2, 0.25) is 5.91 Å². The molecular formula is C14H21ClN2O. The molecule has 1 aromatic carbocycles. The number of halogens is 1. The van der Waals surface area contributed by atoms with E-state index in [2.05, 4.69) is 31.4 Å². The normalized spacial score (nSPS) is 11.3. The number of carbonyl (C=O) groups is 1. The highest BCUT2D eigenvalue weighted by Crippen LogP contribution is 2.17. The first-order valence-corrected chi connectivity index (χ1v) is 6.57. The molecule has 1 rings (SSSR count). The van der Waals surface area contributed by atoms with Gasteiger partial charge in [0.05, 0.1) is 6.54 Å². The second-order valence-corrected chi connectivity index (χ2v) is 5.61. The highest BCUT2D eigenvalue weighted by Gasteiger charge is 2.14. The molecule has 100 valence electrons. The molecule has 0 radical (unpaired) electrons. The minimum Gasteiger partial charge on any atom is -0.325 e. The van der Waals surface area contributed by atoms with Crippen molar-refractivity contribution in [2.24, 2.45) is 5.41 Å². The topological polar surface area (TPSA) is 41.1 Å². The van der Waals surface area contributed by atoms with Gasteiger partial charge in [-0.25, -0.2) is 0 Å². The van der Waals surface area contributed by atoms with Gasteiger partial charge >= 0.3 is 0 Å². The van der Waals surface area contributed by atoms with Crippen molar-refractivity contribution in [3.8, 4) is 0 Å². The number of benzene rings is 1. The fourth-order valence-corrected chi connectivity index (χ4v) is 1.50. The molecule has 0 aliphatic rings. The molecular weight excluding hydrogens is 248 g/mol. The average Bonchev–Trinajstić information content (AvgIpc) is 2.32. The Hall–Kier alpha value is -1.06. The lowest BCUT2D eigenvalue weighted by Crippen LogP contribution is -2.34. The number of anilines is 1. The Labute approximate surface area is 114 Å². The summed E-state index contributed by atoms with van der Waals surface area (Å²) < 4.78 is 0. The molecule has 2 N–H and O–H groups in total. The molecule has 0 aliphatic heterocycles. The van der Waals surface area contributed by atoms with Gasteiger partial charge in [-0.05, 0) is 36.1 Å². The first-order chi connectivity index (χ1) is 8.43. The number of carbonyl (C=O) groups excluding carboxylic acids is 1. The van der Waals surface area contributed by atoms with Crippen LogP contribution in [0, 0.1) is 5.41 Å². The summed E-state index contributed by atoms with van der Waals surface area (Å²) in [7, 11) is 0. The van der Waals surface area contributed by atoms with Crippen molar-refractivity contribution < 1.29 is 4.79 Å². The molecule has 1 amide bonds. The van der Waals surface area contributed by atoms with Crippen molar-refractivity contribution in [3.05, 3.63) is 29.3 Å². The Morgan fingerprint density at radius 2 is 1.89 bits per heavy atom. The van der Waals surface area contributed by atoms with Crippen LogP contribution in [0.2, 0.25) is 5.02 Å². The minimum absolute atomic E-state index is 0.0378. The van der Waals surface area contributed by atoms with Crippen molar-refractivity contribution >= 4 is 23.2 Å². The summed E-state index contributed by atoms with van der Waals surface area (Å²) in [6.07, 6.45) is 1.08. The zero-order chi connectivity index (χ0) is 13.6. The number of nitrogens with one attached hydrogen (secondary N) is 2. The maximum Gasteiger partial charge on any atom is 0.238 e. The zero-order valence-electron chi connectivity index (χ0n) is 11.2. The first kappa shape index (κ1) is 15.0. The third-order valence-electron chi connectivity index (χ3n) is 2.97. The SMILES string of the molecule is CCC(C)(C)CNCC(=O)Nc1ccc(Cl)cc1. The van der Waals surface area contributed by atoms with Crippen LogP contribution in [-0.4, -0.2) is 19.0 Å². The third kappa shape index (κ3) is 5.52. The third-order valence-corrected chi connectivity index (χ3v) is 3.23. The van der Waals surface area contributed by atoms with Crippen LogP contribution in [-0.2, 0) is 4.79 Å². The Bertz CT molecular complexity index is 387. The molecule has 0 saturated carbocycles. The quantitative estimate of drug-likeness (QED) is 0.831. The fourth-order valence-electron chi connectivity index (χ4n) is 1.38. The van der Waals surface area contributed by atoms with E-state index in [0.717, 1.165) is 18.7 Å². The second-order valence-electron chi connectivity index (χ2n) is 5.18. The molecule has 0 saturated heterocycles. The Kier molecular flexibility index (Phi) is 5.63. The van der Waals surface area contributed by atoms with Gasteiger partial charge in [-0.2, -0.15) is 0 Å². The maximum absolute atomic E-state index is 11.7. The maximum atomic E-state index is 11.7. The average molecular weight is 269 g/mol. The van der Waals surface area contributed by atoms with Crippen molar-refractivity contribution in [3.63, 3.8) is 0 Å². The van der Waals surface area contributed by atoms with Crippen molar-refractivity contribution in [2.45, 2.75) is 27.2 Å². The fraction of sp³-hybridized carbons (Fsp3) is 0.500. The van der Waals surface area contributed by atoms with Gasteiger partial charge in [0.1, 0.15) is 0 Å². The molecule has 0 aliphatic carbocycles. The van der Waals surface area contributed by atoms with Crippen LogP contribution in [0.25, 0.3) is 0 Å². The van der Waals surface area contributed by atoms with Crippen LogP contribution in [0.3, 0.4) is 0 Å². The summed E-state index contributed by atoms with van der Waals surface area (Å²) >= 11 is 5.77. The van der Waals surface area contributed by atoms with Crippen LogP contribution in [0.5, 0.6) is 0 Å². The van der Waals surface area contributed by atoms with Crippen LogP contribution in [0.1, 0.15) is 27.2 Å². The highest BCUT2D eigenvalue weighted by atomic mass is 35.5. The molecule has 18 heavy (non-hydrogen) atoms. The van der Waals surface area contributed by atoms with Gasteiger partial charge < -0.3 is 10.6 Å². The van der Waals surface area contributed by atoms with E-state index in [4.69, 9.17) is 11.6 Å². The molecule has 0 unspecified atom stereocenters. The lowest BCUT2D eigenvalue weighted by atomic mass is 9.90. The van der Waals surface area contributed by atoms with E-state index in [1.54, 1.807) is 24.3 Å². The Balaban J connectivity index is 2.32. The number of rotatable bonds is 6. The molecule has 0 aromatic heterocycles. The molecule has 0 bridgehead atoms. The number of hydrogen-bond donors (Lipinski definition) is 2. The molecule has 3 nitrogen and oxygen atoms in total. The van der Waals surface area contributed by atoms with Crippen LogP contribution in [0.15, 0.2) is 24.3 Å². The van der Waals surface area contributed by atoms with E-state index >= 15 is 0 Å². The molecule has 4 heteroatoms. The summed E-state index contributed by atoms with van der Waals surface area (Å²) in [6.45, 7) is 7.66. The van der Waals surface area contributed by atoms with E-state index in [1.165, 1.54) is 0 Å². The number of amides is 1. The van der Waals surface area contributed by atoms with Crippen LogP contribution < -0.4 is 10.6 Å². The Morgan fingerprint density at radius 1 is 1.28 bits per heavy atom. The zero-order valence-corrected chi connectivity index (χ0v) is 12.0. The van der Waals surface area contributed by atoms with E-state index < -0.39 is 0 Å². The van der Waals surface area contributed by atoms with Crippen molar-refractivity contribution in [1.82, 2.24) is 5.32 Å². The summed E-state index contributed by atoms with van der Waals surface area (Å²) in [5.41, 5.74) is 0.988. The van der Waals surface area contributed by atoms with Crippen LogP contribution >= 0.6 is 11.6 Å². The summed E-state index contributed by atoms with van der Waals surface area (Å²) in [6, 6.07) is 7.09. The van der Waals surface area contributed by atoms with Gasteiger partial charge in [0.25, 0.3) is 0 Å². The van der Waals surface area contributed by atoms with E-state index in [0.29, 0.717) is 11.6 Å². The highest BCUT2D eigenvalue weighted by molar-refractivity contribution is 6.30. The standard InChI is InChI=1S/C14H21ClN2O/c1-4-14(2,3)10-16-9-13(18)17-12-7-5-11(15)6-8-12/h5-8,16H,4,9-10H2,1-3H3,(H,17,18). The van der Waals surface area contributed by atoms with Crippen molar-refractivity contribution in [1.29, 1.82) is 0 Å². The van der Waals surface area contributed by atoms with E-state index in [1.807, 2.05) is 0 Å².